The van der Waals surface area contributed by atoms with Crippen LogP contribution >= 0.6 is 0 Å². The molecule has 0 radical (unpaired) electrons. The van der Waals surface area contributed by atoms with Crippen LogP contribution in [0.2, 0.25) is 0 Å². The molecule has 6 nitrogen and oxygen atoms in total. The number of aryl methyl sites for hydroxylation is 1. The molecule has 1 aliphatic carbocycles. The molecule has 2 heterocycles. The zero-order valence-corrected chi connectivity index (χ0v) is 15.8. The third-order valence-corrected chi connectivity index (χ3v) is 5.69. The van der Waals surface area contributed by atoms with Gasteiger partial charge in [-0.2, -0.15) is 0 Å². The normalized spacial score (nSPS) is 20.0. The van der Waals surface area contributed by atoms with Crippen molar-refractivity contribution in [2.24, 2.45) is 5.92 Å². The molecule has 0 bridgehead atoms. The molecule has 1 aliphatic heterocycles. The van der Waals surface area contributed by atoms with Crippen LogP contribution in [0.4, 0.5) is 0 Å². The van der Waals surface area contributed by atoms with E-state index < -0.39 is 0 Å². The van der Waals surface area contributed by atoms with Gasteiger partial charge in [-0.1, -0.05) is 19.3 Å². The molecule has 0 aromatic carbocycles. The molecule has 1 saturated carbocycles. The molecule has 1 saturated heterocycles. The van der Waals surface area contributed by atoms with Gasteiger partial charge in [0.25, 0.3) is 5.91 Å². The Kier molecular flexibility index (Phi) is 6.72. The van der Waals surface area contributed by atoms with E-state index in [1.54, 1.807) is 13.0 Å². The van der Waals surface area contributed by atoms with Gasteiger partial charge in [0.05, 0.1) is 18.4 Å². The largest absolute Gasteiger partial charge is 0.469 e. The Balaban J connectivity index is 1.42. The summed E-state index contributed by atoms with van der Waals surface area (Å²) < 4.78 is 5.14. The molecule has 3 rings (SSSR count). The lowest BCUT2D eigenvalue weighted by Gasteiger charge is -2.28. The summed E-state index contributed by atoms with van der Waals surface area (Å²) in [6.45, 7) is 6.52. The first kappa shape index (κ1) is 19.0. The van der Waals surface area contributed by atoms with Crippen LogP contribution in [0.5, 0.6) is 0 Å². The van der Waals surface area contributed by atoms with Crippen LogP contribution in [-0.2, 0) is 4.79 Å². The van der Waals surface area contributed by atoms with Gasteiger partial charge >= 0.3 is 0 Å². The molecule has 6 heteroatoms. The fraction of sp³-hybridized carbons (Fsp3) is 0.700. The van der Waals surface area contributed by atoms with Crippen molar-refractivity contribution < 1.29 is 14.0 Å². The molecule has 144 valence electrons. The second kappa shape index (κ2) is 9.21. The van der Waals surface area contributed by atoms with E-state index in [4.69, 9.17) is 4.42 Å². The lowest BCUT2D eigenvalue weighted by molar-refractivity contribution is -0.130. The molecule has 1 N–H and O–H groups in total. The topological polar surface area (TPSA) is 65.8 Å². The molecule has 0 spiro atoms. The molecule has 1 aromatic heterocycles. The number of carbonyl (C=O) groups excluding carboxylic acids is 2. The number of nitrogens with one attached hydrogen (secondary N) is 1. The lowest BCUT2D eigenvalue weighted by Crippen LogP contribution is -2.42. The fourth-order valence-electron chi connectivity index (χ4n) is 4.12. The van der Waals surface area contributed by atoms with Crippen molar-refractivity contribution in [2.45, 2.75) is 45.4 Å². The van der Waals surface area contributed by atoms with Crippen LogP contribution in [0.25, 0.3) is 0 Å². The number of furan rings is 1. The zero-order chi connectivity index (χ0) is 18.4. The van der Waals surface area contributed by atoms with Gasteiger partial charge in [-0.25, -0.2) is 0 Å². The molecule has 1 aromatic rings. The first-order valence-electron chi connectivity index (χ1n) is 9.96. The number of nitrogens with zero attached hydrogens (tertiary/aromatic N) is 2. The van der Waals surface area contributed by atoms with E-state index in [1.807, 2.05) is 4.90 Å². The minimum Gasteiger partial charge on any atom is -0.469 e. The van der Waals surface area contributed by atoms with Gasteiger partial charge in [0.15, 0.2) is 0 Å². The highest BCUT2D eigenvalue weighted by Gasteiger charge is 2.22. The van der Waals surface area contributed by atoms with E-state index in [1.165, 1.54) is 44.9 Å². The summed E-state index contributed by atoms with van der Waals surface area (Å²) >= 11 is 0. The summed E-state index contributed by atoms with van der Waals surface area (Å²) in [4.78, 5) is 29.0. The number of carbonyl (C=O) groups is 2. The van der Waals surface area contributed by atoms with Gasteiger partial charge in [0, 0.05) is 26.2 Å². The molecule has 2 amide bonds. The maximum absolute atomic E-state index is 12.5. The quantitative estimate of drug-likeness (QED) is 0.875. The van der Waals surface area contributed by atoms with Gasteiger partial charge in [0.2, 0.25) is 5.91 Å². The van der Waals surface area contributed by atoms with E-state index in [0.717, 1.165) is 38.5 Å². The number of hydrogen-bond donors (Lipinski definition) is 1. The molecule has 2 aliphatic rings. The van der Waals surface area contributed by atoms with Gasteiger partial charge in [-0.05, 0) is 44.7 Å². The van der Waals surface area contributed by atoms with Crippen molar-refractivity contribution in [1.82, 2.24) is 15.1 Å². The van der Waals surface area contributed by atoms with Crippen LogP contribution in [-0.4, -0.2) is 60.9 Å². The predicted molar refractivity (Wildman–Crippen MR) is 100.0 cm³/mol. The zero-order valence-electron chi connectivity index (χ0n) is 15.8. The number of hydrogen-bond acceptors (Lipinski definition) is 4. The van der Waals surface area contributed by atoms with Crippen LogP contribution in [0.3, 0.4) is 0 Å². The monoisotopic (exact) mass is 361 g/mol. The van der Waals surface area contributed by atoms with E-state index in [9.17, 15) is 9.59 Å². The Labute approximate surface area is 155 Å². The molecule has 0 atom stereocenters. The standard InChI is InChI=1S/C20H31N3O3/c1-16-18(8-13-26-16)20(25)21-14-19(24)23-10-5-9-22(11-12-23)15-17-6-3-2-4-7-17/h8,13,17H,2-7,9-12,14-15H2,1H3,(H,21,25). The van der Waals surface area contributed by atoms with Crippen molar-refractivity contribution in [3.05, 3.63) is 23.7 Å². The Morgan fingerprint density at radius 2 is 1.92 bits per heavy atom. The van der Waals surface area contributed by atoms with Crippen LogP contribution in [0.15, 0.2) is 16.7 Å². The average Bonchev–Trinajstić information content (AvgIpc) is 2.94. The van der Waals surface area contributed by atoms with Crippen molar-refractivity contribution in [2.75, 3.05) is 39.3 Å². The lowest BCUT2D eigenvalue weighted by atomic mass is 9.89. The summed E-state index contributed by atoms with van der Waals surface area (Å²) in [6, 6.07) is 1.63. The Bertz CT molecular complexity index is 607. The van der Waals surface area contributed by atoms with E-state index in [-0.39, 0.29) is 18.4 Å². The van der Waals surface area contributed by atoms with E-state index in [0.29, 0.717) is 11.3 Å². The summed E-state index contributed by atoms with van der Waals surface area (Å²) in [5, 5.41) is 2.72. The van der Waals surface area contributed by atoms with Crippen LogP contribution in [0.1, 0.15) is 54.6 Å². The molecular formula is C20H31N3O3. The molecule has 0 unspecified atom stereocenters. The third-order valence-electron chi connectivity index (χ3n) is 5.69. The molecule has 2 fully saturated rings. The SMILES string of the molecule is Cc1occc1C(=O)NCC(=O)N1CCCN(CC2CCCCC2)CC1. The second-order valence-electron chi connectivity index (χ2n) is 7.61. The number of rotatable bonds is 5. The minimum absolute atomic E-state index is 0.000913. The highest BCUT2D eigenvalue weighted by Crippen LogP contribution is 2.24. The van der Waals surface area contributed by atoms with Crippen molar-refractivity contribution in [3.63, 3.8) is 0 Å². The smallest absolute Gasteiger partial charge is 0.255 e. The maximum atomic E-state index is 12.5. The summed E-state index contributed by atoms with van der Waals surface area (Å²) in [6.07, 6.45) is 9.35. The van der Waals surface area contributed by atoms with Crippen molar-refractivity contribution in [1.29, 1.82) is 0 Å². The Hall–Kier alpha value is -1.82. The van der Waals surface area contributed by atoms with E-state index >= 15 is 0 Å². The van der Waals surface area contributed by atoms with Crippen LogP contribution in [0, 0.1) is 12.8 Å². The third kappa shape index (κ3) is 5.10. The first-order chi connectivity index (χ1) is 12.6. The van der Waals surface area contributed by atoms with Gasteiger partial charge in [-0.15, -0.1) is 0 Å². The predicted octanol–water partition coefficient (Wildman–Crippen LogP) is 2.43. The average molecular weight is 361 g/mol. The van der Waals surface area contributed by atoms with Crippen LogP contribution < -0.4 is 5.32 Å². The highest BCUT2D eigenvalue weighted by atomic mass is 16.3. The molecule has 26 heavy (non-hydrogen) atoms. The summed E-state index contributed by atoms with van der Waals surface area (Å²) in [5.74, 6) is 1.16. The van der Waals surface area contributed by atoms with Gasteiger partial charge < -0.3 is 19.5 Å². The maximum Gasteiger partial charge on any atom is 0.255 e. The first-order valence-corrected chi connectivity index (χ1v) is 9.96. The summed E-state index contributed by atoms with van der Waals surface area (Å²) in [5.41, 5.74) is 0.493. The fourth-order valence-corrected chi connectivity index (χ4v) is 4.12. The Morgan fingerprint density at radius 3 is 2.65 bits per heavy atom. The highest BCUT2D eigenvalue weighted by molar-refractivity contribution is 5.97. The van der Waals surface area contributed by atoms with Crippen molar-refractivity contribution >= 4 is 11.8 Å². The Morgan fingerprint density at radius 1 is 1.12 bits per heavy atom. The van der Waals surface area contributed by atoms with E-state index in [2.05, 4.69) is 10.2 Å². The van der Waals surface area contributed by atoms with Gasteiger partial charge in [-0.3, -0.25) is 9.59 Å². The minimum atomic E-state index is -0.252. The summed E-state index contributed by atoms with van der Waals surface area (Å²) in [7, 11) is 0. The molecular weight excluding hydrogens is 330 g/mol. The number of amides is 2. The second-order valence-corrected chi connectivity index (χ2v) is 7.61. The van der Waals surface area contributed by atoms with Crippen molar-refractivity contribution in [3.8, 4) is 0 Å². The van der Waals surface area contributed by atoms with Gasteiger partial charge in [0.1, 0.15) is 5.76 Å².